The first-order valence-corrected chi connectivity index (χ1v) is 31.8. The summed E-state index contributed by atoms with van der Waals surface area (Å²) in [5.74, 6) is -0.153. The first kappa shape index (κ1) is 68.6. The van der Waals surface area contributed by atoms with Crippen molar-refractivity contribution in [1.29, 1.82) is 0 Å². The van der Waals surface area contributed by atoms with Crippen LogP contribution >= 0.6 is 0 Å². The van der Waals surface area contributed by atoms with Gasteiger partial charge in [-0.1, -0.05) is 301 Å². The van der Waals surface area contributed by atoms with Crippen LogP contribution in [0.5, 0.6) is 0 Å². The van der Waals surface area contributed by atoms with E-state index in [0.29, 0.717) is 12.8 Å². The maximum absolute atomic E-state index is 12.5. The van der Waals surface area contributed by atoms with Gasteiger partial charge in [0, 0.05) is 6.42 Å². The molecule has 0 aliphatic rings. The van der Waals surface area contributed by atoms with E-state index < -0.39 is 18.2 Å². The molecule has 3 atom stereocenters. The lowest BCUT2D eigenvalue weighted by molar-refractivity contribution is -0.124. The smallest absolute Gasteiger partial charge is 0.220 e. The van der Waals surface area contributed by atoms with Gasteiger partial charge in [0.25, 0.3) is 0 Å². The molecule has 0 aliphatic carbocycles. The summed E-state index contributed by atoms with van der Waals surface area (Å²) in [6, 6.07) is -0.833. The largest absolute Gasteiger partial charge is 0.394 e. The lowest BCUT2D eigenvalue weighted by atomic mass is 10.0. The number of aliphatic hydroxyl groups excluding tert-OH is 3. The van der Waals surface area contributed by atoms with E-state index in [9.17, 15) is 20.1 Å². The summed E-state index contributed by atoms with van der Waals surface area (Å²) >= 11 is 0. The molecule has 4 N–H and O–H groups in total. The van der Waals surface area contributed by atoms with Crippen molar-refractivity contribution < 1.29 is 20.1 Å². The molecular formula is C65H125NO4. The van der Waals surface area contributed by atoms with Gasteiger partial charge in [-0.25, -0.2) is 0 Å². The van der Waals surface area contributed by atoms with Crippen LogP contribution in [-0.4, -0.2) is 46.1 Å². The average molecular weight is 985 g/mol. The molecule has 0 aliphatic heterocycles. The maximum Gasteiger partial charge on any atom is 0.220 e. The van der Waals surface area contributed by atoms with E-state index >= 15 is 0 Å². The summed E-state index contributed by atoms with van der Waals surface area (Å²) in [5, 5.41) is 33.8. The predicted molar refractivity (Wildman–Crippen MR) is 310 cm³/mol. The van der Waals surface area contributed by atoms with E-state index in [0.717, 1.165) is 44.9 Å². The summed E-state index contributed by atoms with van der Waals surface area (Å²) in [7, 11) is 0. The van der Waals surface area contributed by atoms with E-state index in [4.69, 9.17) is 0 Å². The number of rotatable bonds is 59. The van der Waals surface area contributed by atoms with Crippen molar-refractivity contribution >= 4 is 5.91 Å². The second kappa shape index (κ2) is 60.1. The third kappa shape index (κ3) is 54.3. The highest BCUT2D eigenvalue weighted by Crippen LogP contribution is 2.18. The lowest BCUT2D eigenvalue weighted by Crippen LogP contribution is -2.50. The van der Waals surface area contributed by atoms with Gasteiger partial charge >= 0.3 is 0 Å². The van der Waals surface area contributed by atoms with Crippen LogP contribution in [0.3, 0.4) is 0 Å². The Morgan fingerprint density at radius 1 is 0.343 bits per heavy atom. The molecule has 0 aromatic heterocycles. The van der Waals surface area contributed by atoms with Crippen LogP contribution < -0.4 is 5.32 Å². The molecule has 0 rings (SSSR count). The van der Waals surface area contributed by atoms with E-state index in [1.165, 1.54) is 276 Å². The summed E-state index contributed by atoms with van der Waals surface area (Å²) in [6.07, 6.45) is 79.1. The number of amides is 1. The Morgan fingerprint density at radius 3 is 0.871 bits per heavy atom. The van der Waals surface area contributed by atoms with Gasteiger partial charge in [-0.15, -0.1) is 0 Å². The zero-order chi connectivity index (χ0) is 50.7. The third-order valence-electron chi connectivity index (χ3n) is 14.9. The van der Waals surface area contributed by atoms with Crippen LogP contribution in [0, 0.1) is 0 Å². The van der Waals surface area contributed by atoms with Crippen molar-refractivity contribution in [2.24, 2.45) is 0 Å². The molecule has 414 valence electrons. The Labute approximate surface area is 438 Å². The van der Waals surface area contributed by atoms with Gasteiger partial charge in [0.2, 0.25) is 5.91 Å². The van der Waals surface area contributed by atoms with Crippen molar-refractivity contribution in [3.63, 3.8) is 0 Å². The third-order valence-corrected chi connectivity index (χ3v) is 14.9. The van der Waals surface area contributed by atoms with Crippen LogP contribution in [0.25, 0.3) is 0 Å². The first-order valence-electron chi connectivity index (χ1n) is 31.8. The molecule has 0 heterocycles. The van der Waals surface area contributed by atoms with Crippen LogP contribution in [-0.2, 0) is 4.79 Å². The Morgan fingerprint density at radius 2 is 0.586 bits per heavy atom. The fourth-order valence-electron chi connectivity index (χ4n) is 10.1. The van der Waals surface area contributed by atoms with Gasteiger partial charge < -0.3 is 20.6 Å². The summed E-state index contributed by atoms with van der Waals surface area (Å²) in [4.78, 5) is 12.5. The molecule has 5 heteroatoms. The predicted octanol–water partition coefficient (Wildman–Crippen LogP) is 20.2. The minimum atomic E-state index is -1.17. The molecular weight excluding hydrogens is 859 g/mol. The van der Waals surface area contributed by atoms with Gasteiger partial charge in [-0.2, -0.15) is 0 Å². The van der Waals surface area contributed by atoms with Crippen molar-refractivity contribution in [3.8, 4) is 0 Å². The minimum absolute atomic E-state index is 0.153. The van der Waals surface area contributed by atoms with E-state index in [2.05, 4.69) is 55.6 Å². The molecule has 1 amide bonds. The number of hydrogen-bond acceptors (Lipinski definition) is 4. The number of nitrogens with one attached hydrogen (secondary N) is 1. The van der Waals surface area contributed by atoms with Gasteiger partial charge in [0.15, 0.2) is 0 Å². The molecule has 0 radical (unpaired) electrons. The highest BCUT2D eigenvalue weighted by molar-refractivity contribution is 5.76. The SMILES string of the molecule is CCCCCCCCCCCCCC/C=C\CCCCCCCCCCCCCCCCCCC(=O)NC(CO)C(O)C(O)CCC/C=C/CC/C=C/CCCCCCCCCCCCCCCCC. The van der Waals surface area contributed by atoms with Crippen molar-refractivity contribution in [1.82, 2.24) is 5.32 Å². The number of aliphatic hydroxyl groups is 3. The Kier molecular flexibility index (Phi) is 58.9. The molecule has 0 aromatic carbocycles. The van der Waals surface area contributed by atoms with Crippen LogP contribution in [0.1, 0.15) is 348 Å². The number of carbonyl (C=O) groups excluding carboxylic acids is 1. The molecule has 0 saturated carbocycles. The average Bonchev–Trinajstić information content (AvgIpc) is 3.36. The number of carbonyl (C=O) groups is 1. The highest BCUT2D eigenvalue weighted by atomic mass is 16.3. The van der Waals surface area contributed by atoms with Crippen LogP contribution in [0.4, 0.5) is 0 Å². The molecule has 0 spiro atoms. The summed E-state index contributed by atoms with van der Waals surface area (Å²) in [5.41, 5.74) is 0. The zero-order valence-electron chi connectivity index (χ0n) is 47.4. The monoisotopic (exact) mass is 984 g/mol. The quantitative estimate of drug-likeness (QED) is 0.0361. The Balaban J connectivity index is 3.53. The fraction of sp³-hybridized carbons (Fsp3) is 0.892. The van der Waals surface area contributed by atoms with Gasteiger partial charge in [-0.05, 0) is 77.0 Å². The van der Waals surface area contributed by atoms with Crippen LogP contribution in [0.15, 0.2) is 36.5 Å². The van der Waals surface area contributed by atoms with Crippen molar-refractivity contribution in [2.75, 3.05) is 6.61 Å². The molecule has 70 heavy (non-hydrogen) atoms. The maximum atomic E-state index is 12.5. The lowest BCUT2D eigenvalue weighted by Gasteiger charge is -2.26. The van der Waals surface area contributed by atoms with Crippen LogP contribution in [0.2, 0.25) is 0 Å². The van der Waals surface area contributed by atoms with E-state index in [-0.39, 0.29) is 12.5 Å². The van der Waals surface area contributed by atoms with Crippen molar-refractivity contribution in [3.05, 3.63) is 36.5 Å². The summed E-state index contributed by atoms with van der Waals surface area (Å²) in [6.45, 7) is 4.21. The zero-order valence-corrected chi connectivity index (χ0v) is 47.4. The fourth-order valence-corrected chi connectivity index (χ4v) is 10.1. The van der Waals surface area contributed by atoms with Crippen molar-refractivity contribution in [2.45, 2.75) is 366 Å². The van der Waals surface area contributed by atoms with E-state index in [1.54, 1.807) is 0 Å². The number of hydrogen-bond donors (Lipinski definition) is 4. The first-order chi connectivity index (χ1) is 34.6. The van der Waals surface area contributed by atoms with Gasteiger partial charge in [-0.3, -0.25) is 4.79 Å². The number of unbranched alkanes of at least 4 members (excludes halogenated alkanes) is 45. The Bertz CT molecular complexity index is 1090. The van der Waals surface area contributed by atoms with Gasteiger partial charge in [0.05, 0.1) is 18.8 Å². The van der Waals surface area contributed by atoms with Gasteiger partial charge in [0.1, 0.15) is 6.10 Å². The second-order valence-corrected chi connectivity index (χ2v) is 21.9. The summed E-state index contributed by atoms with van der Waals surface area (Å²) < 4.78 is 0. The molecule has 0 saturated heterocycles. The normalized spacial score (nSPS) is 13.4. The molecule has 0 aromatic rings. The Hall–Kier alpha value is -1.43. The standard InChI is InChI=1S/C65H125NO4/c1-3-5-7-9-11-13-15-17-19-21-23-25-27-29-30-31-32-33-34-35-36-38-40-42-44-46-48-50-52-54-56-58-60-64(69)66-62(61-67)65(70)63(68)59-57-55-53-51-49-47-45-43-41-39-37-28-26-24-22-20-18-16-14-12-10-8-6-4-2/h29-30,43,45,51,53,62-63,65,67-68,70H,3-28,31-42,44,46-50,52,54-61H2,1-2H3,(H,66,69)/b30-29-,45-43+,53-51+. The molecule has 5 nitrogen and oxygen atoms in total. The topological polar surface area (TPSA) is 89.8 Å². The molecule has 0 fully saturated rings. The number of allylic oxidation sites excluding steroid dienone is 6. The molecule has 3 unspecified atom stereocenters. The minimum Gasteiger partial charge on any atom is -0.394 e. The second-order valence-electron chi connectivity index (χ2n) is 21.9. The van der Waals surface area contributed by atoms with E-state index in [1.807, 2.05) is 0 Å². The highest BCUT2D eigenvalue weighted by Gasteiger charge is 2.26. The molecule has 0 bridgehead atoms.